The fourth-order valence-corrected chi connectivity index (χ4v) is 4.02. The number of hydrogen-bond donors (Lipinski definition) is 2. The van der Waals surface area contributed by atoms with Crippen molar-refractivity contribution in [3.05, 3.63) is 58.0 Å². The summed E-state index contributed by atoms with van der Waals surface area (Å²) in [6.45, 7) is 7.32. The molecule has 1 saturated heterocycles. The molecule has 152 valence electrons. The van der Waals surface area contributed by atoms with Crippen LogP contribution in [0.15, 0.2) is 46.8 Å². The molecule has 1 unspecified atom stereocenters. The van der Waals surface area contributed by atoms with Crippen molar-refractivity contribution in [2.24, 2.45) is 4.99 Å². The third-order valence-electron chi connectivity index (χ3n) is 4.73. The molecule has 0 amide bonds. The molecular weight excluding hydrogens is 375 g/mol. The highest BCUT2D eigenvalue weighted by Gasteiger charge is 2.23. The summed E-state index contributed by atoms with van der Waals surface area (Å²) >= 11 is 1.77. The molecule has 1 aromatic heterocycles. The fraction of sp³-hybridized carbons (Fsp3) is 0.476. The minimum absolute atomic E-state index is 0.0346. The number of nitrogens with zero attached hydrogens (tertiary/aromatic N) is 2. The van der Waals surface area contributed by atoms with Gasteiger partial charge < -0.3 is 15.4 Å². The van der Waals surface area contributed by atoms with Crippen LogP contribution in [0, 0.1) is 5.82 Å². The Bertz CT molecular complexity index is 732. The molecule has 3 rings (SSSR count). The Balaban J connectivity index is 1.67. The summed E-state index contributed by atoms with van der Waals surface area (Å²) in [7, 11) is 0. The van der Waals surface area contributed by atoms with Crippen molar-refractivity contribution in [1.29, 1.82) is 0 Å². The van der Waals surface area contributed by atoms with Crippen LogP contribution in [0.25, 0.3) is 0 Å². The highest BCUT2D eigenvalue weighted by atomic mass is 32.1. The van der Waals surface area contributed by atoms with Crippen molar-refractivity contribution in [3.63, 3.8) is 0 Å². The molecule has 1 fully saturated rings. The highest BCUT2D eigenvalue weighted by Crippen LogP contribution is 2.23. The van der Waals surface area contributed by atoms with E-state index in [9.17, 15) is 4.39 Å². The van der Waals surface area contributed by atoms with Crippen molar-refractivity contribution in [2.45, 2.75) is 19.4 Å². The number of morpholine rings is 1. The van der Waals surface area contributed by atoms with Crippen molar-refractivity contribution >= 4 is 17.3 Å². The average molecular weight is 405 g/mol. The van der Waals surface area contributed by atoms with Gasteiger partial charge in [-0.2, -0.15) is 0 Å². The molecule has 1 aliphatic rings. The van der Waals surface area contributed by atoms with E-state index < -0.39 is 0 Å². The van der Waals surface area contributed by atoms with Gasteiger partial charge in [-0.3, -0.25) is 9.89 Å². The number of hydrogen-bond acceptors (Lipinski definition) is 4. The van der Waals surface area contributed by atoms with Gasteiger partial charge in [0, 0.05) is 31.1 Å². The van der Waals surface area contributed by atoms with Gasteiger partial charge in [-0.05, 0) is 42.5 Å². The number of nitrogens with one attached hydrogen (secondary N) is 2. The number of ether oxygens (including phenoxy) is 1. The predicted molar refractivity (Wildman–Crippen MR) is 114 cm³/mol. The van der Waals surface area contributed by atoms with Gasteiger partial charge in [0.15, 0.2) is 5.96 Å². The minimum Gasteiger partial charge on any atom is -0.379 e. The molecule has 1 aliphatic heterocycles. The van der Waals surface area contributed by atoms with Gasteiger partial charge in [0.05, 0.1) is 25.8 Å². The van der Waals surface area contributed by atoms with E-state index in [1.807, 2.05) is 6.07 Å². The number of benzene rings is 1. The number of rotatable bonds is 8. The Morgan fingerprint density at radius 2 is 2.11 bits per heavy atom. The number of halogens is 1. The van der Waals surface area contributed by atoms with Crippen LogP contribution in [0.4, 0.5) is 4.39 Å². The molecule has 0 bridgehead atoms. The molecule has 0 spiro atoms. The lowest BCUT2D eigenvalue weighted by Crippen LogP contribution is -2.42. The smallest absolute Gasteiger partial charge is 0.191 e. The van der Waals surface area contributed by atoms with Gasteiger partial charge in [-0.25, -0.2) is 4.39 Å². The van der Waals surface area contributed by atoms with Crippen molar-refractivity contribution in [3.8, 4) is 0 Å². The topological polar surface area (TPSA) is 48.9 Å². The van der Waals surface area contributed by atoms with E-state index >= 15 is 0 Å². The van der Waals surface area contributed by atoms with Gasteiger partial charge in [0.25, 0.3) is 0 Å². The van der Waals surface area contributed by atoms with Crippen LogP contribution in [0.5, 0.6) is 0 Å². The largest absolute Gasteiger partial charge is 0.379 e. The lowest BCUT2D eigenvalue weighted by molar-refractivity contribution is 0.0179. The zero-order chi connectivity index (χ0) is 19.6. The molecule has 2 N–H and O–H groups in total. The molecule has 0 aliphatic carbocycles. The summed E-state index contributed by atoms with van der Waals surface area (Å²) in [6, 6.07) is 11.1. The highest BCUT2D eigenvalue weighted by molar-refractivity contribution is 7.09. The van der Waals surface area contributed by atoms with E-state index in [1.165, 1.54) is 10.9 Å². The number of aliphatic imine (C=N–C) groups is 1. The first kappa shape index (κ1) is 20.8. The Morgan fingerprint density at radius 1 is 1.25 bits per heavy atom. The summed E-state index contributed by atoms with van der Waals surface area (Å²) < 4.78 is 19.3. The van der Waals surface area contributed by atoms with Gasteiger partial charge in [0.1, 0.15) is 5.82 Å². The van der Waals surface area contributed by atoms with Crippen molar-refractivity contribution in [1.82, 2.24) is 15.5 Å². The van der Waals surface area contributed by atoms with Crippen LogP contribution >= 0.6 is 11.3 Å². The van der Waals surface area contributed by atoms with Crippen molar-refractivity contribution in [2.75, 3.05) is 45.9 Å². The third kappa shape index (κ3) is 6.29. The standard InChI is InChI=1S/C21H29FN4OS/c1-2-23-21(24-9-8-19-7-4-14-28-19)25-16-20(26-10-12-27-13-11-26)17-5-3-6-18(22)15-17/h3-7,14-15,20H,2,8-13,16H2,1H3,(H2,23,24,25). The van der Waals surface area contributed by atoms with Crippen LogP contribution in [0.1, 0.15) is 23.4 Å². The monoisotopic (exact) mass is 404 g/mol. The summed E-state index contributed by atoms with van der Waals surface area (Å²) in [5.74, 6) is 0.592. The van der Waals surface area contributed by atoms with Crippen LogP contribution in [-0.2, 0) is 11.2 Å². The van der Waals surface area contributed by atoms with Crippen LogP contribution < -0.4 is 10.6 Å². The Morgan fingerprint density at radius 3 is 2.82 bits per heavy atom. The summed E-state index contributed by atoms with van der Waals surface area (Å²) in [5.41, 5.74) is 0.958. The Labute approximate surface area is 170 Å². The SMILES string of the molecule is CCNC(=NCC(c1cccc(F)c1)N1CCOCC1)NCCc1cccs1. The van der Waals surface area contributed by atoms with Gasteiger partial charge in [-0.1, -0.05) is 18.2 Å². The lowest BCUT2D eigenvalue weighted by atomic mass is 10.0. The average Bonchev–Trinajstić information content (AvgIpc) is 3.22. The first-order valence-electron chi connectivity index (χ1n) is 9.88. The van der Waals surface area contributed by atoms with Crippen molar-refractivity contribution < 1.29 is 9.13 Å². The van der Waals surface area contributed by atoms with E-state index in [-0.39, 0.29) is 11.9 Å². The third-order valence-corrected chi connectivity index (χ3v) is 5.67. The quantitative estimate of drug-likeness (QED) is 0.524. The summed E-state index contributed by atoms with van der Waals surface area (Å²) in [4.78, 5) is 8.49. The second kappa shape index (κ2) is 11.1. The normalized spacial score (nSPS) is 16.7. The molecule has 2 aromatic rings. The molecule has 2 heterocycles. The predicted octanol–water partition coefficient (Wildman–Crippen LogP) is 3.06. The zero-order valence-corrected chi connectivity index (χ0v) is 17.2. The molecule has 0 saturated carbocycles. The Kier molecular flexibility index (Phi) is 8.26. The van der Waals surface area contributed by atoms with E-state index in [0.717, 1.165) is 44.1 Å². The molecule has 7 heteroatoms. The molecule has 0 radical (unpaired) electrons. The maximum Gasteiger partial charge on any atom is 0.191 e. The van der Waals surface area contributed by atoms with E-state index in [0.29, 0.717) is 19.8 Å². The minimum atomic E-state index is -0.208. The van der Waals surface area contributed by atoms with Gasteiger partial charge in [0.2, 0.25) is 0 Å². The second-order valence-electron chi connectivity index (χ2n) is 6.69. The van der Waals surface area contributed by atoms with Crippen LogP contribution in [-0.4, -0.2) is 56.8 Å². The maximum absolute atomic E-state index is 13.8. The maximum atomic E-state index is 13.8. The van der Waals surface area contributed by atoms with E-state index in [1.54, 1.807) is 23.5 Å². The zero-order valence-electron chi connectivity index (χ0n) is 16.4. The van der Waals surface area contributed by atoms with Crippen LogP contribution in [0.3, 0.4) is 0 Å². The first-order chi connectivity index (χ1) is 13.8. The van der Waals surface area contributed by atoms with Crippen LogP contribution in [0.2, 0.25) is 0 Å². The van der Waals surface area contributed by atoms with E-state index in [2.05, 4.69) is 40.0 Å². The molecule has 1 atom stereocenters. The molecule has 1 aromatic carbocycles. The number of thiophene rings is 1. The summed E-state index contributed by atoms with van der Waals surface area (Å²) in [6.07, 6.45) is 0.971. The van der Waals surface area contributed by atoms with Gasteiger partial charge in [-0.15, -0.1) is 11.3 Å². The van der Waals surface area contributed by atoms with E-state index in [4.69, 9.17) is 9.73 Å². The number of guanidine groups is 1. The molecule has 5 nitrogen and oxygen atoms in total. The van der Waals surface area contributed by atoms with Gasteiger partial charge >= 0.3 is 0 Å². The summed E-state index contributed by atoms with van der Waals surface area (Å²) in [5, 5.41) is 8.81. The Hall–Kier alpha value is -1.96. The molecule has 28 heavy (non-hydrogen) atoms. The fourth-order valence-electron chi connectivity index (χ4n) is 3.31. The first-order valence-corrected chi connectivity index (χ1v) is 10.8. The lowest BCUT2D eigenvalue weighted by Gasteiger charge is -2.34. The molecular formula is C21H29FN4OS. The second-order valence-corrected chi connectivity index (χ2v) is 7.73.